The summed E-state index contributed by atoms with van der Waals surface area (Å²) in [6.45, 7) is 8.51. The first-order chi connectivity index (χ1) is 18.8. The lowest BCUT2D eigenvalue weighted by atomic mass is 9.65. The van der Waals surface area contributed by atoms with Gasteiger partial charge in [0.2, 0.25) is 0 Å². The predicted octanol–water partition coefficient (Wildman–Crippen LogP) is 7.97. The Hall–Kier alpha value is -3.31. The Labute approximate surface area is 234 Å². The van der Waals surface area contributed by atoms with Gasteiger partial charge in [-0.05, 0) is 89.4 Å². The van der Waals surface area contributed by atoms with Crippen molar-refractivity contribution in [2.75, 3.05) is 0 Å². The second-order valence-corrected chi connectivity index (χ2v) is 13.0. The lowest BCUT2D eigenvalue weighted by Crippen LogP contribution is -2.41. The Balaban J connectivity index is 1.48. The quantitative estimate of drug-likeness (QED) is 0.203. The maximum absolute atomic E-state index is 6.63. The Kier molecular flexibility index (Phi) is 4.76. The molecule has 1 spiro atoms. The molecule has 0 bridgehead atoms. The largest absolute Gasteiger partial charge is 0.496 e. The third-order valence-corrected chi connectivity index (χ3v) is 10.6. The molecule has 5 aromatic carbocycles. The zero-order chi connectivity index (χ0) is 26.6. The molecule has 0 unspecified atom stereocenters. The summed E-state index contributed by atoms with van der Waals surface area (Å²) in [6.07, 6.45) is 0. The predicted molar refractivity (Wildman–Crippen MR) is 161 cm³/mol. The van der Waals surface area contributed by atoms with Crippen LogP contribution in [0.4, 0.5) is 0 Å². The third-order valence-electron chi connectivity index (χ3n) is 9.37. The molecule has 0 atom stereocenters. The van der Waals surface area contributed by atoms with Crippen LogP contribution in [0.1, 0.15) is 49.9 Å². The fourth-order valence-electron chi connectivity index (χ4n) is 6.79. The molecule has 8 rings (SSSR count). The van der Waals surface area contributed by atoms with Gasteiger partial charge in [0.05, 0.1) is 16.6 Å². The molecule has 1 aliphatic carbocycles. The number of benzene rings is 5. The van der Waals surface area contributed by atoms with E-state index < -0.39 is 23.7 Å². The van der Waals surface area contributed by atoms with Gasteiger partial charge in [0, 0.05) is 9.79 Å². The van der Waals surface area contributed by atoms with Gasteiger partial charge in [0.15, 0.2) is 0 Å². The zero-order valence-corrected chi connectivity index (χ0v) is 23.4. The summed E-state index contributed by atoms with van der Waals surface area (Å²) in [5.41, 5.74) is 7.84. The van der Waals surface area contributed by atoms with E-state index in [0.29, 0.717) is 0 Å². The van der Waals surface area contributed by atoms with E-state index in [0.717, 1.165) is 5.46 Å². The van der Waals surface area contributed by atoms with Crippen LogP contribution in [0.2, 0.25) is 0 Å². The minimum atomic E-state index is -0.427. The highest BCUT2D eigenvalue weighted by Crippen LogP contribution is 2.62. The van der Waals surface area contributed by atoms with Crippen LogP contribution >= 0.6 is 11.8 Å². The van der Waals surface area contributed by atoms with Crippen molar-refractivity contribution in [1.82, 2.24) is 0 Å². The van der Waals surface area contributed by atoms with Crippen molar-refractivity contribution in [3.63, 3.8) is 0 Å². The molecule has 1 fully saturated rings. The van der Waals surface area contributed by atoms with E-state index in [-0.39, 0.29) is 0 Å². The van der Waals surface area contributed by atoms with Crippen molar-refractivity contribution in [1.29, 1.82) is 0 Å². The molecule has 0 radical (unpaired) electrons. The molecule has 0 saturated carbocycles. The normalized spacial score (nSPS) is 19.0. The molecule has 3 aliphatic rings. The highest BCUT2D eigenvalue weighted by Gasteiger charge is 2.55. The zero-order valence-electron chi connectivity index (χ0n) is 22.6. The summed E-state index contributed by atoms with van der Waals surface area (Å²) in [7, 11) is -0.427. The van der Waals surface area contributed by atoms with E-state index in [1.807, 2.05) is 11.8 Å². The number of fused-ring (bicyclic) bond motifs is 10. The first-order valence-corrected chi connectivity index (χ1v) is 14.5. The topological polar surface area (TPSA) is 18.5 Å². The molecular formula is C35H29BO2S. The van der Waals surface area contributed by atoms with Crippen LogP contribution in [-0.4, -0.2) is 18.3 Å². The van der Waals surface area contributed by atoms with Crippen molar-refractivity contribution in [2.24, 2.45) is 0 Å². The summed E-state index contributed by atoms with van der Waals surface area (Å²) < 4.78 is 13.3. The van der Waals surface area contributed by atoms with Gasteiger partial charge >= 0.3 is 7.12 Å². The Morgan fingerprint density at radius 3 is 1.74 bits per heavy atom. The standard InChI is InChI=1S/C35H29BO2S/c1-33(2)34(3,4)38-36(37-33)30-19-11-18-28-32(30)39-31-21-23-13-6-5-12-22(23)20-29(31)35(28)26-16-9-7-14-24(26)25-15-8-10-17-27(25)35/h5-21H,1-4H3. The van der Waals surface area contributed by atoms with Crippen LogP contribution in [-0.2, 0) is 14.7 Å². The van der Waals surface area contributed by atoms with E-state index in [4.69, 9.17) is 9.31 Å². The lowest BCUT2D eigenvalue weighted by molar-refractivity contribution is 0.00578. The summed E-state index contributed by atoms with van der Waals surface area (Å²) in [4.78, 5) is 2.53. The second-order valence-electron chi connectivity index (χ2n) is 12.0. The molecule has 2 aliphatic heterocycles. The van der Waals surface area contributed by atoms with Crippen LogP contribution in [0.5, 0.6) is 0 Å². The van der Waals surface area contributed by atoms with Crippen LogP contribution in [0.15, 0.2) is 113 Å². The smallest absolute Gasteiger partial charge is 0.399 e. The van der Waals surface area contributed by atoms with E-state index in [2.05, 4.69) is 131 Å². The van der Waals surface area contributed by atoms with Crippen LogP contribution in [0.3, 0.4) is 0 Å². The fraction of sp³-hybridized carbons (Fsp3) is 0.200. The highest BCUT2D eigenvalue weighted by molar-refractivity contribution is 7.99. The molecular weight excluding hydrogens is 495 g/mol. The molecule has 0 aromatic heterocycles. The molecule has 2 heterocycles. The summed E-state index contributed by atoms with van der Waals surface area (Å²) in [5, 5.41) is 2.53. The molecule has 4 heteroatoms. The molecule has 0 N–H and O–H groups in total. The Morgan fingerprint density at radius 1 is 0.564 bits per heavy atom. The molecule has 190 valence electrons. The average molecular weight is 524 g/mol. The van der Waals surface area contributed by atoms with Crippen molar-refractivity contribution in [2.45, 2.75) is 54.1 Å². The van der Waals surface area contributed by atoms with Gasteiger partial charge in [-0.2, -0.15) is 0 Å². The van der Waals surface area contributed by atoms with E-state index in [1.165, 1.54) is 53.9 Å². The van der Waals surface area contributed by atoms with Crippen molar-refractivity contribution >= 4 is 35.1 Å². The Morgan fingerprint density at radius 2 is 1.10 bits per heavy atom. The van der Waals surface area contributed by atoms with Crippen molar-refractivity contribution < 1.29 is 9.31 Å². The second kappa shape index (κ2) is 7.88. The number of hydrogen-bond donors (Lipinski definition) is 0. The van der Waals surface area contributed by atoms with E-state index >= 15 is 0 Å². The fourth-order valence-corrected chi connectivity index (χ4v) is 8.13. The van der Waals surface area contributed by atoms with Crippen LogP contribution in [0.25, 0.3) is 21.9 Å². The first kappa shape index (κ1) is 23.6. The summed E-state index contributed by atoms with van der Waals surface area (Å²) >= 11 is 1.86. The number of hydrogen-bond acceptors (Lipinski definition) is 3. The van der Waals surface area contributed by atoms with Gasteiger partial charge in [-0.1, -0.05) is 103 Å². The van der Waals surface area contributed by atoms with Gasteiger partial charge in [-0.25, -0.2) is 0 Å². The monoisotopic (exact) mass is 524 g/mol. The van der Waals surface area contributed by atoms with E-state index in [9.17, 15) is 0 Å². The third kappa shape index (κ3) is 3.03. The van der Waals surface area contributed by atoms with Crippen LogP contribution < -0.4 is 5.46 Å². The average Bonchev–Trinajstić information content (AvgIpc) is 3.35. The van der Waals surface area contributed by atoms with Crippen molar-refractivity contribution in [3.05, 3.63) is 125 Å². The minimum absolute atomic E-state index is 0.405. The van der Waals surface area contributed by atoms with Crippen LogP contribution in [0, 0.1) is 0 Å². The molecule has 5 aromatic rings. The van der Waals surface area contributed by atoms with Gasteiger partial charge in [-0.15, -0.1) is 0 Å². The molecule has 2 nitrogen and oxygen atoms in total. The van der Waals surface area contributed by atoms with Gasteiger partial charge in [0.25, 0.3) is 0 Å². The summed E-state index contributed by atoms with van der Waals surface area (Å²) in [6, 6.07) is 38.2. The highest BCUT2D eigenvalue weighted by atomic mass is 32.2. The molecule has 1 saturated heterocycles. The first-order valence-electron chi connectivity index (χ1n) is 13.7. The van der Waals surface area contributed by atoms with E-state index in [1.54, 1.807) is 0 Å². The van der Waals surface area contributed by atoms with Gasteiger partial charge < -0.3 is 9.31 Å². The Bertz CT molecular complexity index is 1760. The summed E-state index contributed by atoms with van der Waals surface area (Å²) in [5.74, 6) is 0. The lowest BCUT2D eigenvalue weighted by Gasteiger charge is -2.40. The minimum Gasteiger partial charge on any atom is -0.399 e. The number of rotatable bonds is 1. The van der Waals surface area contributed by atoms with Gasteiger partial charge in [-0.3, -0.25) is 0 Å². The molecule has 0 amide bonds. The van der Waals surface area contributed by atoms with Crippen molar-refractivity contribution in [3.8, 4) is 11.1 Å². The molecule has 39 heavy (non-hydrogen) atoms. The maximum atomic E-state index is 6.63. The SMILES string of the molecule is CC1(C)OB(c2cccc3c2Sc2cc4ccccc4cc2C32c3ccccc3-c3ccccc32)OC1(C)C. The maximum Gasteiger partial charge on any atom is 0.496 e. The van der Waals surface area contributed by atoms with Gasteiger partial charge in [0.1, 0.15) is 0 Å².